The number of ether oxygens (including phenoxy) is 3. The van der Waals surface area contributed by atoms with Crippen LogP contribution in [-0.4, -0.2) is 177 Å². The highest BCUT2D eigenvalue weighted by atomic mass is 19.4. The number of benzene rings is 6. The van der Waals surface area contributed by atoms with Crippen molar-refractivity contribution in [3.63, 3.8) is 0 Å². The van der Waals surface area contributed by atoms with Crippen LogP contribution in [0.3, 0.4) is 0 Å². The molecule has 0 aromatic heterocycles. The number of halogens is 7. The monoisotopic (exact) mass is 1370 g/mol. The molecule has 4 fully saturated rings. The van der Waals surface area contributed by atoms with Gasteiger partial charge in [-0.2, -0.15) is 26.3 Å². The Bertz CT molecular complexity index is 3710. The number of hydrogen-bond acceptors (Lipinski definition) is 11. The summed E-state index contributed by atoms with van der Waals surface area (Å²) in [6.07, 6.45) is -2.92. The smallest absolute Gasteiger partial charge is 0.416 e. The molecule has 0 bridgehead atoms. The number of piperidine rings is 3. The van der Waals surface area contributed by atoms with E-state index in [4.69, 9.17) is 14.2 Å². The molecule has 2 atom stereocenters. The number of likely N-dealkylation sites (tertiary alicyclic amines) is 3. The Morgan fingerprint density at radius 2 is 1.32 bits per heavy atom. The highest BCUT2D eigenvalue weighted by Gasteiger charge is 2.50. The number of hydrogen-bond donors (Lipinski definition) is 2. The summed E-state index contributed by atoms with van der Waals surface area (Å²) in [7, 11) is 3.66. The van der Waals surface area contributed by atoms with Crippen molar-refractivity contribution in [2.45, 2.75) is 113 Å². The first-order valence-electron chi connectivity index (χ1n) is 34.4. The third kappa shape index (κ3) is 18.0. The highest BCUT2D eigenvalue weighted by Crippen LogP contribution is 2.49. The van der Waals surface area contributed by atoms with Gasteiger partial charge >= 0.3 is 18.4 Å². The lowest BCUT2D eigenvalue weighted by Gasteiger charge is -2.44. The largest absolute Gasteiger partial charge is 0.446 e. The van der Waals surface area contributed by atoms with Gasteiger partial charge in [0.2, 0.25) is 11.8 Å². The fraction of sp³-hybridized carbons (Fsp3) is 0.461. The second-order valence-electron chi connectivity index (χ2n) is 27.1. The molecule has 5 amide bonds. The number of anilines is 2. The van der Waals surface area contributed by atoms with Gasteiger partial charge < -0.3 is 48.9 Å². The molecule has 1 spiro atoms. The molecule has 2 N–H and O–H groups in total. The van der Waals surface area contributed by atoms with Crippen LogP contribution in [0.1, 0.15) is 119 Å². The van der Waals surface area contributed by atoms with E-state index in [2.05, 4.69) is 32.6 Å². The molecule has 528 valence electrons. The van der Waals surface area contributed by atoms with E-state index >= 15 is 0 Å². The second kappa shape index (κ2) is 31.9. The topological polar surface area (TPSA) is 157 Å². The van der Waals surface area contributed by atoms with E-state index in [1.807, 2.05) is 110 Å². The van der Waals surface area contributed by atoms with Crippen LogP contribution in [0.5, 0.6) is 0 Å². The highest BCUT2D eigenvalue weighted by molar-refractivity contribution is 5.95. The summed E-state index contributed by atoms with van der Waals surface area (Å²) in [5.41, 5.74) is 1.35. The zero-order chi connectivity index (χ0) is 69.9. The molecule has 4 aliphatic heterocycles. The molecule has 4 saturated heterocycles. The van der Waals surface area contributed by atoms with Gasteiger partial charge in [-0.15, -0.1) is 0 Å². The molecule has 5 aliphatic rings. The van der Waals surface area contributed by atoms with Crippen molar-refractivity contribution in [3.8, 4) is 11.1 Å². The minimum Gasteiger partial charge on any atom is -0.446 e. The lowest BCUT2D eigenvalue weighted by molar-refractivity contribution is -0.143. The van der Waals surface area contributed by atoms with Gasteiger partial charge in [0.25, 0.3) is 11.8 Å². The Hall–Kier alpha value is -8.38. The quantitative estimate of drug-likeness (QED) is 0.0439. The van der Waals surface area contributed by atoms with E-state index in [9.17, 15) is 54.7 Å². The van der Waals surface area contributed by atoms with Crippen molar-refractivity contribution in [3.05, 3.63) is 190 Å². The van der Waals surface area contributed by atoms with Crippen LogP contribution in [0, 0.1) is 11.7 Å². The molecule has 0 saturated carbocycles. The first-order chi connectivity index (χ1) is 47.5. The van der Waals surface area contributed by atoms with Gasteiger partial charge in [-0.05, 0) is 166 Å². The Labute approximate surface area is 573 Å². The van der Waals surface area contributed by atoms with E-state index < -0.39 is 59.2 Å². The number of amides is 5. The van der Waals surface area contributed by atoms with Crippen LogP contribution < -0.4 is 10.6 Å². The van der Waals surface area contributed by atoms with Crippen molar-refractivity contribution in [2.75, 3.05) is 117 Å². The second-order valence-corrected chi connectivity index (χ2v) is 27.1. The summed E-state index contributed by atoms with van der Waals surface area (Å²) in [6, 6.07) is 39.6. The molecule has 6 aromatic carbocycles. The third-order valence-corrected chi connectivity index (χ3v) is 20.6. The SMILES string of the molecule is CN(CCN1CCC(OC(=O)Nc2ccccc2-c2ccccc2)CC1)C(=O)CCCCCNc1ccc(C(=O)N(C)CC2CCN(C(=O)CO[C@H]3Cc4ccccc4C34CCN(CC[C@@]3(c5ccc(F)cc5)CN(C(=O)c5cc(C(F)(F)F)cc(C(F)(F)F)c5)CO3)CC4)CC2)cc1. The number of nitrogens with one attached hydrogen (secondary N) is 2. The number of likely N-dealkylation sites (N-methyl/N-ethyl adjacent to an activating group) is 1. The fourth-order valence-corrected chi connectivity index (χ4v) is 14.8. The minimum absolute atomic E-state index is 0.0243. The van der Waals surface area contributed by atoms with E-state index in [0.29, 0.717) is 100 Å². The number of fused-ring (bicyclic) bond motifs is 2. The molecule has 4 heterocycles. The number of carbonyl (C=O) groups is 5. The van der Waals surface area contributed by atoms with Crippen LogP contribution >= 0.6 is 0 Å². The van der Waals surface area contributed by atoms with Crippen LogP contribution in [-0.2, 0) is 53.6 Å². The molecule has 99 heavy (non-hydrogen) atoms. The van der Waals surface area contributed by atoms with Gasteiger partial charge in [0.1, 0.15) is 30.9 Å². The summed E-state index contributed by atoms with van der Waals surface area (Å²) >= 11 is 0. The maximum Gasteiger partial charge on any atom is 0.416 e. The molecule has 23 heteroatoms. The average Bonchev–Trinajstić information content (AvgIpc) is 1.39. The number of carbonyl (C=O) groups excluding carboxylic acids is 5. The standard InChI is InChI=1S/C76H87F7N8O8/c1-86(43-44-88-36-30-63(31-37-88)99-72(96)85-66-18-11-9-16-64(66)54-13-5-3-6-14-54)68(92)19-7-4-12-35-84-62-26-20-55(21-27-62)70(94)87(2)49-53-28-38-90(39-29-53)69(93)50-97-67-47-56-15-8-10-17-65(56)73(67)32-40-89(41-33-73)42-34-74(58-22-24-61(77)25-23-58)51-91(52-98-74)71(95)57-45-59(75(78,79)80)48-60(46-57)76(81,82)83/h3,5-6,8-11,13-18,20-27,45-46,48,53,63,67,84H,4,7,12,19,28-44,47,49-52H2,1-2H3,(H,85,96)/t67-,74-/m0/s1. The summed E-state index contributed by atoms with van der Waals surface area (Å²) in [4.78, 5) is 78.2. The van der Waals surface area contributed by atoms with Crippen molar-refractivity contribution in [1.82, 2.24) is 29.4 Å². The van der Waals surface area contributed by atoms with E-state index in [1.165, 1.54) is 29.8 Å². The number of rotatable bonds is 24. The number of nitrogens with zero attached hydrogens (tertiary/aromatic N) is 6. The van der Waals surface area contributed by atoms with Gasteiger partial charge in [0.05, 0.1) is 29.5 Å². The third-order valence-electron chi connectivity index (χ3n) is 20.6. The lowest BCUT2D eigenvalue weighted by atomic mass is 9.72. The molecule has 6 aromatic rings. The molecule has 0 unspecified atom stereocenters. The molecule has 11 rings (SSSR count). The van der Waals surface area contributed by atoms with Gasteiger partial charge in [-0.1, -0.05) is 91.3 Å². The first kappa shape index (κ1) is 71.9. The normalized spacial score (nSPS) is 19.2. The molecular weight excluding hydrogens is 1290 g/mol. The maximum atomic E-state index is 14.3. The Morgan fingerprint density at radius 1 is 0.667 bits per heavy atom. The maximum absolute atomic E-state index is 14.3. The zero-order valence-electron chi connectivity index (χ0n) is 56.1. The van der Waals surface area contributed by atoms with E-state index in [1.54, 1.807) is 9.80 Å². The van der Waals surface area contributed by atoms with E-state index in [0.717, 1.165) is 98.4 Å². The van der Waals surface area contributed by atoms with Crippen molar-refractivity contribution >= 4 is 41.1 Å². The van der Waals surface area contributed by atoms with Crippen LogP contribution in [0.15, 0.2) is 146 Å². The summed E-state index contributed by atoms with van der Waals surface area (Å²) < 4.78 is 116. The summed E-state index contributed by atoms with van der Waals surface area (Å²) in [6.45, 7) is 6.30. The van der Waals surface area contributed by atoms with Crippen LogP contribution in [0.2, 0.25) is 0 Å². The van der Waals surface area contributed by atoms with Gasteiger partial charge in [0.15, 0.2) is 0 Å². The lowest BCUT2D eigenvalue weighted by Crippen LogP contribution is -2.50. The van der Waals surface area contributed by atoms with Crippen LogP contribution in [0.25, 0.3) is 11.1 Å². The van der Waals surface area contributed by atoms with Gasteiger partial charge in [0, 0.05) is 107 Å². The summed E-state index contributed by atoms with van der Waals surface area (Å²) in [5.74, 6) is -1.43. The molecular formula is C76H87F7N8O8. The van der Waals surface area contributed by atoms with Crippen molar-refractivity contribution < 1.29 is 68.9 Å². The number of unbranched alkanes of at least 4 members (excludes halogenated alkanes) is 2. The van der Waals surface area contributed by atoms with Crippen molar-refractivity contribution in [1.29, 1.82) is 0 Å². The minimum atomic E-state index is -5.15. The van der Waals surface area contributed by atoms with Crippen LogP contribution in [0.4, 0.5) is 46.9 Å². The van der Waals surface area contributed by atoms with E-state index in [-0.39, 0.29) is 66.9 Å². The predicted molar refractivity (Wildman–Crippen MR) is 362 cm³/mol. The predicted octanol–water partition coefficient (Wildman–Crippen LogP) is 13.4. The first-order valence-corrected chi connectivity index (χ1v) is 34.4. The molecule has 0 radical (unpaired) electrons. The Morgan fingerprint density at radius 3 is 2.02 bits per heavy atom. The number of para-hydroxylation sites is 1. The zero-order valence-corrected chi connectivity index (χ0v) is 56.1. The number of alkyl halides is 6. The van der Waals surface area contributed by atoms with Gasteiger partial charge in [-0.25, -0.2) is 9.18 Å². The fourth-order valence-electron chi connectivity index (χ4n) is 14.8. The Balaban J connectivity index is 0.565. The molecule has 1 aliphatic carbocycles. The summed E-state index contributed by atoms with van der Waals surface area (Å²) in [5, 5.41) is 6.37. The van der Waals surface area contributed by atoms with Crippen molar-refractivity contribution in [2.24, 2.45) is 5.92 Å². The molecule has 16 nitrogen and oxygen atoms in total. The van der Waals surface area contributed by atoms with Gasteiger partial charge in [-0.3, -0.25) is 24.5 Å². The average molecular weight is 1370 g/mol. The Kier molecular flexibility index (Phi) is 23.1.